The van der Waals surface area contributed by atoms with E-state index in [9.17, 15) is 0 Å². The highest BCUT2D eigenvalue weighted by molar-refractivity contribution is 14.0. The van der Waals surface area contributed by atoms with Gasteiger partial charge in [-0.25, -0.2) is 0 Å². The molecule has 0 radical (unpaired) electrons. The van der Waals surface area contributed by atoms with E-state index in [0.717, 1.165) is 45.2 Å². The maximum atomic E-state index is 5.44. The van der Waals surface area contributed by atoms with Crippen molar-refractivity contribution in [3.8, 4) is 0 Å². The summed E-state index contributed by atoms with van der Waals surface area (Å²) < 4.78 is 5.44. The largest absolute Gasteiger partial charge is 0.381 e. The Balaban J connectivity index is 0.00000441. The Bertz CT molecular complexity index is 309. The van der Waals surface area contributed by atoms with Crippen LogP contribution >= 0.6 is 24.0 Å². The van der Waals surface area contributed by atoms with Crippen molar-refractivity contribution in [2.75, 3.05) is 46.9 Å². The molecule has 1 aliphatic rings. The summed E-state index contributed by atoms with van der Waals surface area (Å²) in [6.45, 7) is 13.8. The van der Waals surface area contributed by atoms with Gasteiger partial charge in [-0.2, -0.15) is 0 Å². The summed E-state index contributed by atoms with van der Waals surface area (Å²) in [6, 6.07) is 1.14. The summed E-state index contributed by atoms with van der Waals surface area (Å²) in [6.07, 6.45) is 1.16. The lowest BCUT2D eigenvalue weighted by Crippen LogP contribution is -2.46. The van der Waals surface area contributed by atoms with Gasteiger partial charge < -0.3 is 15.0 Å². The number of guanidine groups is 1. The minimum atomic E-state index is 0. The number of nitrogens with zero attached hydrogens (tertiary/aromatic N) is 3. The van der Waals surface area contributed by atoms with Crippen LogP contribution in [0.4, 0.5) is 0 Å². The molecular formula is C16H35IN4O. The van der Waals surface area contributed by atoms with E-state index in [1.165, 1.54) is 0 Å². The first-order valence-electron chi connectivity index (χ1n) is 8.21. The molecule has 6 heteroatoms. The molecule has 1 atom stereocenters. The van der Waals surface area contributed by atoms with Crippen molar-refractivity contribution in [1.29, 1.82) is 0 Å². The molecule has 0 amide bonds. The average Bonchev–Trinajstić information content (AvgIpc) is 2.90. The van der Waals surface area contributed by atoms with E-state index >= 15 is 0 Å². The Morgan fingerprint density at radius 3 is 2.36 bits per heavy atom. The third-order valence-electron chi connectivity index (χ3n) is 4.11. The van der Waals surface area contributed by atoms with Crippen molar-refractivity contribution < 1.29 is 4.74 Å². The molecule has 0 bridgehead atoms. The zero-order valence-corrected chi connectivity index (χ0v) is 17.5. The fraction of sp³-hybridized carbons (Fsp3) is 0.938. The Kier molecular flexibility index (Phi) is 11.4. The monoisotopic (exact) mass is 426 g/mol. The summed E-state index contributed by atoms with van der Waals surface area (Å²) in [4.78, 5) is 9.10. The van der Waals surface area contributed by atoms with Crippen LogP contribution in [0.15, 0.2) is 4.99 Å². The molecule has 1 aliphatic heterocycles. The molecule has 0 aromatic heterocycles. The lowest BCUT2D eigenvalue weighted by atomic mass is 10.1. The number of rotatable bonds is 7. The van der Waals surface area contributed by atoms with Gasteiger partial charge >= 0.3 is 0 Å². The molecular weight excluding hydrogens is 391 g/mol. The van der Waals surface area contributed by atoms with Gasteiger partial charge in [0, 0.05) is 58.3 Å². The van der Waals surface area contributed by atoms with Crippen molar-refractivity contribution in [2.45, 2.75) is 46.2 Å². The molecule has 5 nitrogen and oxygen atoms in total. The zero-order valence-electron chi connectivity index (χ0n) is 15.1. The van der Waals surface area contributed by atoms with Crippen molar-refractivity contribution in [1.82, 2.24) is 15.1 Å². The molecule has 1 unspecified atom stereocenters. The van der Waals surface area contributed by atoms with E-state index < -0.39 is 0 Å². The van der Waals surface area contributed by atoms with E-state index in [4.69, 9.17) is 4.74 Å². The highest BCUT2D eigenvalue weighted by atomic mass is 127. The normalized spacial score (nSPS) is 19.0. The Labute approximate surface area is 153 Å². The van der Waals surface area contributed by atoms with Gasteiger partial charge in [0.1, 0.15) is 0 Å². The highest BCUT2D eigenvalue weighted by Gasteiger charge is 2.19. The molecule has 132 valence electrons. The lowest BCUT2D eigenvalue weighted by molar-refractivity contribution is 0.176. The number of ether oxygens (including phenoxy) is 1. The fourth-order valence-corrected chi connectivity index (χ4v) is 3.00. The molecule has 1 N–H and O–H groups in total. The van der Waals surface area contributed by atoms with Crippen LogP contribution in [0.3, 0.4) is 0 Å². The van der Waals surface area contributed by atoms with Gasteiger partial charge in [-0.15, -0.1) is 24.0 Å². The van der Waals surface area contributed by atoms with Gasteiger partial charge in [0.25, 0.3) is 0 Å². The SMILES string of the molecule is CN=C(NCCN(C(C)C)C(C)C)N(C)CC1CCOC1.I. The molecule has 0 aliphatic carbocycles. The summed E-state index contributed by atoms with van der Waals surface area (Å²) >= 11 is 0. The highest BCUT2D eigenvalue weighted by Crippen LogP contribution is 2.13. The molecule has 0 aromatic carbocycles. The van der Waals surface area contributed by atoms with Crippen LogP contribution in [0.1, 0.15) is 34.1 Å². The van der Waals surface area contributed by atoms with Gasteiger partial charge in [0.15, 0.2) is 5.96 Å². The fourth-order valence-electron chi connectivity index (χ4n) is 3.00. The molecule has 1 rings (SSSR count). The third kappa shape index (κ3) is 7.46. The summed E-state index contributed by atoms with van der Waals surface area (Å²) in [5.41, 5.74) is 0. The van der Waals surface area contributed by atoms with Gasteiger partial charge in [0.2, 0.25) is 0 Å². The Morgan fingerprint density at radius 1 is 1.27 bits per heavy atom. The molecule has 1 saturated heterocycles. The molecule has 0 saturated carbocycles. The second-order valence-corrected chi connectivity index (χ2v) is 6.51. The first-order chi connectivity index (χ1) is 9.95. The number of halogens is 1. The average molecular weight is 426 g/mol. The molecule has 1 fully saturated rings. The van der Waals surface area contributed by atoms with E-state index in [0.29, 0.717) is 18.0 Å². The van der Waals surface area contributed by atoms with E-state index in [1.54, 1.807) is 0 Å². The predicted octanol–water partition coefficient (Wildman–Crippen LogP) is 2.27. The van der Waals surface area contributed by atoms with Crippen molar-refractivity contribution >= 4 is 29.9 Å². The minimum absolute atomic E-state index is 0. The smallest absolute Gasteiger partial charge is 0.193 e. The summed E-state index contributed by atoms with van der Waals surface area (Å²) in [5.74, 6) is 1.62. The van der Waals surface area contributed by atoms with Gasteiger partial charge in [-0.1, -0.05) is 0 Å². The number of aliphatic imine (C=N–C) groups is 1. The van der Waals surface area contributed by atoms with Gasteiger partial charge in [-0.05, 0) is 34.1 Å². The van der Waals surface area contributed by atoms with Crippen LogP contribution in [0, 0.1) is 5.92 Å². The van der Waals surface area contributed by atoms with Crippen LogP contribution in [0.25, 0.3) is 0 Å². The topological polar surface area (TPSA) is 40.1 Å². The molecule has 22 heavy (non-hydrogen) atoms. The number of hydrogen-bond donors (Lipinski definition) is 1. The first-order valence-corrected chi connectivity index (χ1v) is 8.21. The van der Waals surface area contributed by atoms with Crippen LogP contribution in [-0.4, -0.2) is 74.8 Å². The Morgan fingerprint density at radius 2 is 1.91 bits per heavy atom. The molecule has 0 aromatic rings. The quantitative estimate of drug-likeness (QED) is 0.385. The minimum Gasteiger partial charge on any atom is -0.381 e. The maximum Gasteiger partial charge on any atom is 0.193 e. The number of hydrogen-bond acceptors (Lipinski definition) is 3. The standard InChI is InChI=1S/C16H34N4O.HI/c1-13(2)20(14(3)4)9-8-18-16(17-5)19(6)11-15-7-10-21-12-15;/h13-15H,7-12H2,1-6H3,(H,17,18);1H. The lowest BCUT2D eigenvalue weighted by Gasteiger charge is -2.31. The van der Waals surface area contributed by atoms with Crippen LogP contribution in [-0.2, 0) is 4.74 Å². The summed E-state index contributed by atoms with van der Waals surface area (Å²) in [5, 5.41) is 3.48. The maximum absolute atomic E-state index is 5.44. The van der Waals surface area contributed by atoms with Crippen molar-refractivity contribution in [3.05, 3.63) is 0 Å². The van der Waals surface area contributed by atoms with E-state index in [1.807, 2.05) is 7.05 Å². The second-order valence-electron chi connectivity index (χ2n) is 6.51. The summed E-state index contributed by atoms with van der Waals surface area (Å²) in [7, 11) is 3.96. The van der Waals surface area contributed by atoms with Crippen LogP contribution in [0.5, 0.6) is 0 Å². The van der Waals surface area contributed by atoms with E-state index in [2.05, 4.69) is 54.9 Å². The first kappa shape index (κ1) is 21.9. The molecule has 0 spiro atoms. The molecule has 1 heterocycles. The Hall–Kier alpha value is -0.0800. The van der Waals surface area contributed by atoms with Crippen LogP contribution < -0.4 is 5.32 Å². The second kappa shape index (κ2) is 11.5. The predicted molar refractivity (Wildman–Crippen MR) is 105 cm³/mol. The zero-order chi connectivity index (χ0) is 15.8. The van der Waals surface area contributed by atoms with E-state index in [-0.39, 0.29) is 24.0 Å². The van der Waals surface area contributed by atoms with Crippen LogP contribution in [0.2, 0.25) is 0 Å². The third-order valence-corrected chi connectivity index (χ3v) is 4.11. The van der Waals surface area contributed by atoms with Gasteiger partial charge in [-0.3, -0.25) is 9.89 Å². The number of nitrogens with one attached hydrogen (secondary N) is 1. The van der Waals surface area contributed by atoms with Crippen molar-refractivity contribution in [2.24, 2.45) is 10.9 Å². The van der Waals surface area contributed by atoms with Gasteiger partial charge in [0.05, 0.1) is 6.61 Å². The van der Waals surface area contributed by atoms with Crippen molar-refractivity contribution in [3.63, 3.8) is 0 Å².